The Bertz CT molecular complexity index is 1900. The monoisotopic (exact) mass is 868 g/mol. The van der Waals surface area contributed by atoms with Crippen LogP contribution < -0.4 is 14.2 Å². The molecule has 328 valence electrons. The summed E-state index contributed by atoms with van der Waals surface area (Å²) in [5.74, 6) is 0.855. The van der Waals surface area contributed by atoms with Gasteiger partial charge in [0.15, 0.2) is 5.75 Å². The molecule has 11 nitrogen and oxygen atoms in total. The summed E-state index contributed by atoms with van der Waals surface area (Å²) in [6.07, 6.45) is 4.09. The van der Waals surface area contributed by atoms with E-state index < -0.39 is 23.0 Å². The maximum absolute atomic E-state index is 15.0. The summed E-state index contributed by atoms with van der Waals surface area (Å²) in [4.78, 5) is 44.4. The van der Waals surface area contributed by atoms with Crippen LogP contribution in [0, 0.1) is 18.3 Å². The van der Waals surface area contributed by atoms with Crippen LogP contribution in [0.1, 0.15) is 94.9 Å². The van der Waals surface area contributed by atoms with Crippen LogP contribution in [0.5, 0.6) is 17.2 Å². The summed E-state index contributed by atoms with van der Waals surface area (Å²) >= 11 is 12.7. The molecule has 0 aromatic heterocycles. The Balaban J connectivity index is 1.34. The average Bonchev–Trinajstić information content (AvgIpc) is 4.04. The van der Waals surface area contributed by atoms with Crippen molar-refractivity contribution < 1.29 is 42.8 Å². The number of amides is 2. The van der Waals surface area contributed by atoms with Crippen molar-refractivity contribution in [2.45, 2.75) is 104 Å². The highest BCUT2D eigenvalue weighted by molar-refractivity contribution is 6.37. The number of piperidine rings is 1. The average molecular weight is 870 g/mol. The molecule has 1 aliphatic heterocycles. The first-order valence-corrected chi connectivity index (χ1v) is 21.7. The molecule has 2 atom stereocenters. The van der Waals surface area contributed by atoms with Gasteiger partial charge >= 0.3 is 12.1 Å². The van der Waals surface area contributed by atoms with E-state index >= 15 is 0 Å². The highest BCUT2D eigenvalue weighted by Crippen LogP contribution is 2.39. The smallest absolute Gasteiger partial charge is 0.410 e. The number of carbonyl (C=O) groups excluding carboxylic acids is 3. The lowest BCUT2D eigenvalue weighted by Gasteiger charge is -2.40. The Morgan fingerprint density at radius 3 is 2.08 bits per heavy atom. The Kier molecular flexibility index (Phi) is 16.5. The Labute approximate surface area is 365 Å². The van der Waals surface area contributed by atoms with Gasteiger partial charge in [0.2, 0.25) is 5.91 Å². The number of ether oxygens (including phenoxy) is 6. The Morgan fingerprint density at radius 2 is 1.45 bits per heavy atom. The molecule has 1 heterocycles. The summed E-state index contributed by atoms with van der Waals surface area (Å²) in [5, 5.41) is 0.898. The first-order chi connectivity index (χ1) is 28.5. The van der Waals surface area contributed by atoms with Crippen LogP contribution in [-0.2, 0) is 36.8 Å². The topological polar surface area (TPSA) is 113 Å². The maximum Gasteiger partial charge on any atom is 0.410 e. The van der Waals surface area contributed by atoms with Crippen molar-refractivity contribution in [3.8, 4) is 17.2 Å². The van der Waals surface area contributed by atoms with Crippen molar-refractivity contribution in [1.82, 2.24) is 9.80 Å². The molecule has 3 aromatic carbocycles. The molecular formula is C47H62Cl2N2O9. The van der Waals surface area contributed by atoms with Gasteiger partial charge in [-0.25, -0.2) is 4.79 Å². The largest absolute Gasteiger partial charge is 0.494 e. The standard InChI is InChI=1S/C47H62Cl2N2O9/c1-31-24-40(48)42(41(49)25-31)59-23-22-58-36-15-11-34(12-16-36)38-17-19-50(45(54)60-46(2,3)4)30-39(38)43(52)51(35-13-14-35)29-33-26-32(10-9-20-55-7)27-37(28-33)57-21-18-47(5,6)44(53)56-8/h11-12,15-16,24-28,35,38-39H,9-10,13-14,17-23,29-30H2,1-8H3/t38-,39+/m1/s1. The number of nitrogens with zero attached hydrogens (tertiary/aromatic N) is 2. The molecular weight excluding hydrogens is 807 g/mol. The van der Waals surface area contributed by atoms with Gasteiger partial charge in [0, 0.05) is 39.4 Å². The van der Waals surface area contributed by atoms with E-state index in [2.05, 4.69) is 6.07 Å². The first kappa shape index (κ1) is 46.9. The number of rotatable bonds is 19. The van der Waals surface area contributed by atoms with Crippen LogP contribution in [0.4, 0.5) is 4.79 Å². The van der Waals surface area contributed by atoms with Crippen molar-refractivity contribution in [3.05, 3.63) is 86.9 Å². The minimum Gasteiger partial charge on any atom is -0.494 e. The molecule has 0 bridgehead atoms. The van der Waals surface area contributed by atoms with Crippen LogP contribution >= 0.6 is 23.2 Å². The van der Waals surface area contributed by atoms with E-state index in [-0.39, 0.29) is 43.6 Å². The summed E-state index contributed by atoms with van der Waals surface area (Å²) in [6, 6.07) is 17.7. The van der Waals surface area contributed by atoms with Crippen LogP contribution in [0.25, 0.3) is 0 Å². The van der Waals surface area contributed by atoms with Gasteiger partial charge in [0.05, 0.1) is 35.1 Å². The molecule has 2 amide bonds. The molecule has 0 N–H and O–H groups in total. The minimum absolute atomic E-state index is 0.00810. The molecule has 1 aliphatic carbocycles. The van der Waals surface area contributed by atoms with E-state index in [1.807, 2.05) is 82.8 Å². The highest BCUT2D eigenvalue weighted by atomic mass is 35.5. The number of likely N-dealkylation sites (tertiary alicyclic amines) is 1. The van der Waals surface area contributed by atoms with E-state index in [9.17, 15) is 14.4 Å². The SMILES string of the molecule is COCCCc1cc(CN(C(=O)[C@H]2CN(C(=O)OC(C)(C)C)CC[C@@H]2c2ccc(OCCOc3c(Cl)cc(C)cc3Cl)cc2)C2CC2)cc(OCCC(C)(C)C(=O)OC)c1. The number of carbonyl (C=O) groups is 3. The molecule has 1 saturated heterocycles. The second kappa shape index (κ2) is 21.1. The Morgan fingerprint density at radius 1 is 0.800 bits per heavy atom. The second-order valence-electron chi connectivity index (χ2n) is 17.5. The summed E-state index contributed by atoms with van der Waals surface area (Å²) in [5.41, 5.74) is 2.62. The van der Waals surface area contributed by atoms with Crippen LogP contribution in [0.15, 0.2) is 54.6 Å². The predicted molar refractivity (Wildman–Crippen MR) is 233 cm³/mol. The maximum atomic E-state index is 15.0. The number of hydrogen-bond donors (Lipinski definition) is 0. The van der Waals surface area contributed by atoms with Gasteiger partial charge in [-0.15, -0.1) is 0 Å². The van der Waals surface area contributed by atoms with Gasteiger partial charge in [-0.05, 0) is 145 Å². The molecule has 3 aromatic rings. The molecule has 0 radical (unpaired) electrons. The fourth-order valence-corrected chi connectivity index (χ4v) is 8.19. The molecule has 2 fully saturated rings. The number of esters is 1. The van der Waals surface area contributed by atoms with Gasteiger partial charge < -0.3 is 38.2 Å². The summed E-state index contributed by atoms with van der Waals surface area (Å²) in [7, 11) is 3.08. The number of methoxy groups -OCH3 is 2. The zero-order chi connectivity index (χ0) is 43.6. The molecule has 0 unspecified atom stereocenters. The number of benzene rings is 3. The lowest BCUT2D eigenvalue weighted by molar-refractivity contribution is -0.151. The van der Waals surface area contributed by atoms with Gasteiger partial charge in [-0.2, -0.15) is 0 Å². The third-order valence-corrected chi connectivity index (χ3v) is 11.4. The van der Waals surface area contributed by atoms with Gasteiger partial charge in [-0.3, -0.25) is 9.59 Å². The number of aryl methyl sites for hydroxylation is 2. The Hall–Kier alpha value is -4.19. The van der Waals surface area contributed by atoms with E-state index in [0.717, 1.165) is 47.9 Å². The number of hydrogen-bond acceptors (Lipinski definition) is 9. The molecule has 60 heavy (non-hydrogen) atoms. The lowest BCUT2D eigenvalue weighted by Crippen LogP contribution is -2.51. The molecule has 13 heteroatoms. The number of halogens is 2. The van der Waals surface area contributed by atoms with Crippen LogP contribution in [-0.4, -0.2) is 93.1 Å². The van der Waals surface area contributed by atoms with Crippen LogP contribution in [0.2, 0.25) is 10.0 Å². The van der Waals surface area contributed by atoms with Crippen molar-refractivity contribution in [1.29, 1.82) is 0 Å². The molecule has 2 aliphatic rings. The molecule has 5 rings (SSSR count). The van der Waals surface area contributed by atoms with Crippen molar-refractivity contribution in [2.24, 2.45) is 11.3 Å². The van der Waals surface area contributed by atoms with E-state index in [0.29, 0.717) is 66.4 Å². The van der Waals surface area contributed by atoms with Crippen molar-refractivity contribution in [3.63, 3.8) is 0 Å². The molecule has 1 saturated carbocycles. The van der Waals surface area contributed by atoms with Gasteiger partial charge in [-0.1, -0.05) is 41.4 Å². The summed E-state index contributed by atoms with van der Waals surface area (Å²) < 4.78 is 34.2. The van der Waals surface area contributed by atoms with E-state index in [1.54, 1.807) is 24.1 Å². The second-order valence-corrected chi connectivity index (χ2v) is 18.3. The molecule has 0 spiro atoms. The minimum atomic E-state index is -0.693. The van der Waals surface area contributed by atoms with E-state index in [4.69, 9.17) is 51.6 Å². The lowest BCUT2D eigenvalue weighted by atomic mass is 9.79. The zero-order valence-electron chi connectivity index (χ0n) is 36.4. The van der Waals surface area contributed by atoms with Crippen molar-refractivity contribution in [2.75, 3.05) is 53.7 Å². The quantitative estimate of drug-likeness (QED) is 0.0859. The van der Waals surface area contributed by atoms with Crippen molar-refractivity contribution >= 4 is 41.2 Å². The third kappa shape index (κ3) is 13.4. The first-order valence-electron chi connectivity index (χ1n) is 20.9. The van der Waals surface area contributed by atoms with E-state index in [1.165, 1.54) is 7.11 Å². The van der Waals surface area contributed by atoms with Crippen LogP contribution in [0.3, 0.4) is 0 Å². The highest BCUT2D eigenvalue weighted by Gasteiger charge is 2.43. The fraction of sp³-hybridized carbons (Fsp3) is 0.553. The third-order valence-electron chi connectivity index (χ3n) is 10.8. The normalized spacial score (nSPS) is 16.9. The predicted octanol–water partition coefficient (Wildman–Crippen LogP) is 9.84. The van der Waals surface area contributed by atoms with Gasteiger partial charge in [0.1, 0.15) is 30.3 Å². The fourth-order valence-electron chi connectivity index (χ4n) is 7.49. The zero-order valence-corrected chi connectivity index (χ0v) is 38.0. The van der Waals surface area contributed by atoms with Gasteiger partial charge in [0.25, 0.3) is 0 Å². The summed E-state index contributed by atoms with van der Waals surface area (Å²) in [6.45, 7) is 13.7.